The maximum absolute atomic E-state index is 11.6. The van der Waals surface area contributed by atoms with Crippen LogP contribution >= 0.6 is 11.3 Å². The summed E-state index contributed by atoms with van der Waals surface area (Å²) in [5.41, 5.74) is 1.76. The molecular formula is C15H16F2N3O2S+. The summed E-state index contributed by atoms with van der Waals surface area (Å²) in [4.78, 5) is 21.2. The van der Waals surface area contributed by atoms with Crippen LogP contribution in [-0.4, -0.2) is 29.0 Å². The van der Waals surface area contributed by atoms with Crippen molar-refractivity contribution in [2.75, 3.05) is 7.11 Å². The molecule has 0 amide bonds. The van der Waals surface area contributed by atoms with Gasteiger partial charge in [-0.2, -0.15) is 13.8 Å². The normalized spacial score (nSPS) is 10.0. The van der Waals surface area contributed by atoms with Gasteiger partial charge in [0, 0.05) is 32.2 Å². The van der Waals surface area contributed by atoms with Gasteiger partial charge in [0.25, 0.3) is 5.69 Å². The molecule has 0 aromatic carbocycles. The number of halogens is 2. The molecule has 5 nitrogen and oxygen atoms in total. The Labute approximate surface area is 136 Å². The van der Waals surface area contributed by atoms with Gasteiger partial charge in [-0.25, -0.2) is 14.8 Å². The van der Waals surface area contributed by atoms with Crippen molar-refractivity contribution < 1.29 is 23.3 Å². The molecule has 2 aromatic heterocycles. The van der Waals surface area contributed by atoms with E-state index in [1.54, 1.807) is 23.7 Å². The van der Waals surface area contributed by atoms with E-state index in [0.29, 0.717) is 6.92 Å². The highest BCUT2D eigenvalue weighted by Crippen LogP contribution is 2.12. The van der Waals surface area contributed by atoms with Crippen molar-refractivity contribution in [2.24, 2.45) is 0 Å². The minimum absolute atomic E-state index is 0.485. The fraction of sp³-hybridized carbons (Fsp3) is 0.333. The highest BCUT2D eigenvalue weighted by atomic mass is 32.1. The Balaban J connectivity index is 0.000000284. The Bertz CT molecular complexity index is 713. The molecule has 2 rings (SSSR count). The molecule has 0 saturated heterocycles. The first-order valence-corrected chi connectivity index (χ1v) is 7.34. The van der Waals surface area contributed by atoms with Crippen LogP contribution in [0.3, 0.4) is 0 Å². The second-order valence-corrected chi connectivity index (χ2v) is 5.56. The smallest absolute Gasteiger partial charge is 0.376 e. The fourth-order valence-electron chi connectivity index (χ4n) is 1.23. The average molecular weight is 340 g/mol. The summed E-state index contributed by atoms with van der Waals surface area (Å²) in [7, 11) is 0.916. The maximum Gasteiger partial charge on any atom is 0.376 e. The van der Waals surface area contributed by atoms with Crippen LogP contribution in [0.15, 0.2) is 17.8 Å². The highest BCUT2D eigenvalue weighted by Gasteiger charge is 2.33. The number of aromatic amines is 1. The van der Waals surface area contributed by atoms with Gasteiger partial charge in [-0.1, -0.05) is 17.3 Å². The van der Waals surface area contributed by atoms with Crippen LogP contribution < -0.4 is 4.98 Å². The zero-order valence-electron chi connectivity index (χ0n) is 13.1. The lowest BCUT2D eigenvalue weighted by Crippen LogP contribution is -2.25. The summed E-state index contributed by atoms with van der Waals surface area (Å²) >= 11 is 1.65. The Hall–Kier alpha value is -2.40. The van der Waals surface area contributed by atoms with Gasteiger partial charge >= 0.3 is 11.9 Å². The Morgan fingerprint density at radius 1 is 1.30 bits per heavy atom. The van der Waals surface area contributed by atoms with Crippen LogP contribution in [-0.2, 0) is 9.53 Å². The first kappa shape index (κ1) is 18.6. The summed E-state index contributed by atoms with van der Waals surface area (Å²) in [6.07, 6.45) is 3.46. The number of carbonyl (C=O) groups is 1. The SMILES string of the molecule is COC(=O)C(C)(F)F.Cc1ncc(C#Cc2csc(C)[nH+]2)cn1. The van der Waals surface area contributed by atoms with E-state index < -0.39 is 11.9 Å². The number of hydrogen-bond acceptors (Lipinski definition) is 5. The van der Waals surface area contributed by atoms with Gasteiger partial charge in [0.05, 0.1) is 18.1 Å². The quantitative estimate of drug-likeness (QED) is 0.589. The molecule has 0 spiro atoms. The molecule has 0 unspecified atom stereocenters. The Morgan fingerprint density at radius 3 is 2.30 bits per heavy atom. The van der Waals surface area contributed by atoms with Gasteiger partial charge in [0.2, 0.25) is 5.01 Å². The van der Waals surface area contributed by atoms with Crippen molar-refractivity contribution in [1.29, 1.82) is 0 Å². The van der Waals surface area contributed by atoms with Crippen LogP contribution in [0.1, 0.15) is 29.0 Å². The topological polar surface area (TPSA) is 66.2 Å². The third kappa shape index (κ3) is 6.93. The lowest BCUT2D eigenvalue weighted by atomic mass is 10.3. The number of nitrogens with zero attached hydrogens (tertiary/aromatic N) is 2. The first-order chi connectivity index (χ1) is 10.7. The number of carbonyl (C=O) groups excluding carboxylic acids is 1. The number of ether oxygens (including phenoxy) is 1. The van der Waals surface area contributed by atoms with Gasteiger partial charge in [-0.3, -0.25) is 0 Å². The summed E-state index contributed by atoms with van der Waals surface area (Å²) in [6, 6.07) is 0. The van der Waals surface area contributed by atoms with Crippen LogP contribution in [0.25, 0.3) is 0 Å². The van der Waals surface area contributed by atoms with Gasteiger partial charge in [0.1, 0.15) is 5.82 Å². The van der Waals surface area contributed by atoms with Crippen molar-refractivity contribution in [2.45, 2.75) is 26.7 Å². The second-order valence-electron chi connectivity index (χ2n) is 4.48. The minimum Gasteiger partial charge on any atom is -0.465 e. The van der Waals surface area contributed by atoms with E-state index in [1.165, 1.54) is 0 Å². The molecule has 1 N–H and O–H groups in total. The van der Waals surface area contributed by atoms with E-state index in [1.807, 2.05) is 19.2 Å². The number of hydrogen-bond donors (Lipinski definition) is 0. The lowest BCUT2D eigenvalue weighted by molar-refractivity contribution is -0.383. The van der Waals surface area contributed by atoms with E-state index >= 15 is 0 Å². The fourth-order valence-corrected chi connectivity index (χ4v) is 1.81. The van der Waals surface area contributed by atoms with E-state index in [4.69, 9.17) is 0 Å². The van der Waals surface area contributed by atoms with Crippen molar-refractivity contribution in [1.82, 2.24) is 9.97 Å². The molecular weight excluding hydrogens is 324 g/mol. The predicted molar refractivity (Wildman–Crippen MR) is 81.0 cm³/mol. The van der Waals surface area contributed by atoms with Gasteiger partial charge < -0.3 is 4.74 Å². The van der Waals surface area contributed by atoms with Crippen LogP contribution in [0.2, 0.25) is 0 Å². The summed E-state index contributed by atoms with van der Waals surface area (Å²) in [5, 5.41) is 3.15. The number of methoxy groups -OCH3 is 1. The molecule has 8 heteroatoms. The molecule has 0 radical (unpaired) electrons. The maximum atomic E-state index is 11.6. The summed E-state index contributed by atoms with van der Waals surface area (Å²) in [6.45, 7) is 4.36. The molecule has 0 saturated carbocycles. The highest BCUT2D eigenvalue weighted by molar-refractivity contribution is 7.09. The average Bonchev–Trinajstić information content (AvgIpc) is 2.91. The number of aryl methyl sites for hydroxylation is 2. The summed E-state index contributed by atoms with van der Waals surface area (Å²) in [5.74, 6) is 1.94. The van der Waals surface area contributed by atoms with Crippen molar-refractivity contribution >= 4 is 17.3 Å². The van der Waals surface area contributed by atoms with E-state index in [0.717, 1.165) is 29.2 Å². The molecule has 0 fully saturated rings. The molecule has 23 heavy (non-hydrogen) atoms. The molecule has 0 aliphatic heterocycles. The largest absolute Gasteiger partial charge is 0.465 e. The number of aromatic nitrogens is 3. The second kappa shape index (κ2) is 8.29. The number of esters is 1. The third-order valence-corrected chi connectivity index (χ3v) is 3.14. The molecule has 0 aliphatic carbocycles. The van der Waals surface area contributed by atoms with Crippen molar-refractivity contribution in [3.8, 4) is 11.8 Å². The standard InChI is InChI=1S/C11H9N3S.C4H6F2O2/c1-8-12-5-10(6-13-8)3-4-11-7-15-9(2)14-11;1-4(5,6)3(7)8-2/h5-7H,1-2H3;1-2H3/p+1. The predicted octanol–water partition coefficient (Wildman–Crippen LogP) is 2.18. The summed E-state index contributed by atoms with van der Waals surface area (Å²) < 4.78 is 27.0. The number of rotatable bonds is 1. The van der Waals surface area contributed by atoms with E-state index in [9.17, 15) is 13.6 Å². The van der Waals surface area contributed by atoms with Crippen LogP contribution in [0, 0.1) is 25.7 Å². The molecule has 0 bridgehead atoms. The van der Waals surface area contributed by atoms with E-state index in [2.05, 4.69) is 31.5 Å². The molecule has 0 atom stereocenters. The monoisotopic (exact) mass is 340 g/mol. The Kier molecular flexibility index (Phi) is 6.72. The van der Waals surface area contributed by atoms with Crippen LogP contribution in [0.4, 0.5) is 8.78 Å². The van der Waals surface area contributed by atoms with Gasteiger partial charge in [0.15, 0.2) is 0 Å². The minimum atomic E-state index is -3.35. The van der Waals surface area contributed by atoms with Gasteiger partial charge in [-0.15, -0.1) is 0 Å². The van der Waals surface area contributed by atoms with Crippen molar-refractivity contribution in [3.05, 3.63) is 39.9 Å². The van der Waals surface area contributed by atoms with Gasteiger partial charge in [-0.05, 0) is 6.92 Å². The zero-order chi connectivity index (χ0) is 17.5. The van der Waals surface area contributed by atoms with Crippen molar-refractivity contribution in [3.63, 3.8) is 0 Å². The molecule has 2 aromatic rings. The number of alkyl halides is 2. The lowest BCUT2D eigenvalue weighted by Gasteiger charge is -2.04. The number of thiazole rings is 1. The Morgan fingerprint density at radius 2 is 1.91 bits per heavy atom. The molecule has 2 heterocycles. The third-order valence-electron chi connectivity index (χ3n) is 2.33. The van der Waals surface area contributed by atoms with Crippen LogP contribution in [0.5, 0.6) is 0 Å². The number of nitrogens with one attached hydrogen (secondary N) is 1. The first-order valence-electron chi connectivity index (χ1n) is 6.46. The number of H-pyrrole nitrogens is 1. The molecule has 122 valence electrons. The zero-order valence-corrected chi connectivity index (χ0v) is 13.9. The van der Waals surface area contributed by atoms with E-state index in [-0.39, 0.29) is 0 Å². The molecule has 0 aliphatic rings.